The van der Waals surface area contributed by atoms with E-state index in [9.17, 15) is 0 Å². The Kier molecular flexibility index (Phi) is 3.91. The molecule has 1 aliphatic heterocycles. The van der Waals surface area contributed by atoms with Crippen LogP contribution in [0.3, 0.4) is 0 Å². The van der Waals surface area contributed by atoms with Crippen LogP contribution in [0.25, 0.3) is 0 Å². The van der Waals surface area contributed by atoms with Gasteiger partial charge in [0.15, 0.2) is 0 Å². The van der Waals surface area contributed by atoms with Crippen LogP contribution in [0.15, 0.2) is 12.2 Å². The highest BCUT2D eigenvalue weighted by atomic mass is 16.5. The van der Waals surface area contributed by atoms with Crippen LogP contribution in [0, 0.1) is 11.3 Å². The third-order valence-corrected chi connectivity index (χ3v) is 4.06. The van der Waals surface area contributed by atoms with E-state index in [2.05, 4.69) is 25.7 Å². The van der Waals surface area contributed by atoms with E-state index in [-0.39, 0.29) is 5.41 Å². The van der Waals surface area contributed by atoms with Gasteiger partial charge in [0, 0.05) is 30.5 Å². The molecule has 0 aromatic heterocycles. The average Bonchev–Trinajstić information content (AvgIpc) is 2.69. The molecule has 0 bridgehead atoms. The number of nitrogens with one attached hydrogen (secondary N) is 1. The normalized spacial score (nSPS) is 34.2. The molecule has 1 saturated heterocycles. The average molecular weight is 239 g/mol. The summed E-state index contributed by atoms with van der Waals surface area (Å²) in [5, 5.41) is 3.62. The summed E-state index contributed by atoms with van der Waals surface area (Å²) in [6.07, 6.45) is 1.68. The number of hydrogen-bond acceptors (Lipinski definition) is 3. The van der Waals surface area contributed by atoms with Crippen LogP contribution in [-0.2, 0) is 9.47 Å². The molecule has 2 aliphatic rings. The molecule has 98 valence electrons. The summed E-state index contributed by atoms with van der Waals surface area (Å²) in [7, 11) is 0. The molecule has 0 aromatic rings. The Morgan fingerprint density at radius 1 is 1.53 bits per heavy atom. The summed E-state index contributed by atoms with van der Waals surface area (Å²) in [5.41, 5.74) is 1.36. The first-order valence-corrected chi connectivity index (χ1v) is 6.60. The van der Waals surface area contributed by atoms with Crippen LogP contribution >= 0.6 is 0 Å². The van der Waals surface area contributed by atoms with Crippen LogP contribution in [0.4, 0.5) is 0 Å². The standard InChI is InChI=1S/C14H25NO2/c1-10(2)9-16-8-6-15-12-11-5-7-17-13(11)14(12,3)4/h11-13,15H,1,5-9H2,2-4H3. The molecule has 0 spiro atoms. The highest BCUT2D eigenvalue weighted by molar-refractivity contribution is 5.11. The Hall–Kier alpha value is -0.380. The van der Waals surface area contributed by atoms with Crippen molar-refractivity contribution < 1.29 is 9.47 Å². The molecule has 0 amide bonds. The smallest absolute Gasteiger partial charge is 0.0685 e. The molecule has 3 unspecified atom stereocenters. The fourth-order valence-corrected chi connectivity index (χ4v) is 3.27. The van der Waals surface area contributed by atoms with Crippen molar-refractivity contribution in [3.63, 3.8) is 0 Å². The summed E-state index contributed by atoms with van der Waals surface area (Å²) < 4.78 is 11.3. The van der Waals surface area contributed by atoms with E-state index in [4.69, 9.17) is 9.47 Å². The summed E-state index contributed by atoms with van der Waals surface area (Å²) in [5.74, 6) is 0.714. The quantitative estimate of drug-likeness (QED) is 0.568. The van der Waals surface area contributed by atoms with E-state index in [0.29, 0.717) is 24.7 Å². The predicted octanol–water partition coefficient (Wildman–Crippen LogP) is 1.98. The maximum absolute atomic E-state index is 5.77. The second-order valence-electron chi connectivity index (χ2n) is 6.01. The van der Waals surface area contributed by atoms with Crippen molar-refractivity contribution in [3.05, 3.63) is 12.2 Å². The Bertz CT molecular complexity index is 288. The van der Waals surface area contributed by atoms with Crippen LogP contribution in [0.1, 0.15) is 27.2 Å². The van der Waals surface area contributed by atoms with Crippen molar-refractivity contribution in [1.82, 2.24) is 5.32 Å². The summed E-state index contributed by atoms with van der Waals surface area (Å²) in [6, 6.07) is 0.587. The molecule has 1 N–H and O–H groups in total. The minimum absolute atomic E-state index is 0.273. The molecule has 17 heavy (non-hydrogen) atoms. The molecule has 1 saturated carbocycles. The van der Waals surface area contributed by atoms with Crippen molar-refractivity contribution in [2.24, 2.45) is 11.3 Å². The topological polar surface area (TPSA) is 30.5 Å². The molecular formula is C14H25NO2. The number of ether oxygens (including phenoxy) is 2. The van der Waals surface area contributed by atoms with Gasteiger partial charge in [-0.05, 0) is 13.3 Å². The molecule has 3 atom stereocenters. The van der Waals surface area contributed by atoms with Gasteiger partial charge in [0.2, 0.25) is 0 Å². The first kappa shape index (κ1) is 13.1. The lowest BCUT2D eigenvalue weighted by molar-refractivity contribution is -0.113. The van der Waals surface area contributed by atoms with Crippen LogP contribution < -0.4 is 5.32 Å². The van der Waals surface area contributed by atoms with Gasteiger partial charge < -0.3 is 14.8 Å². The molecular weight excluding hydrogens is 214 g/mol. The van der Waals surface area contributed by atoms with Crippen LogP contribution in [-0.4, -0.2) is 38.5 Å². The van der Waals surface area contributed by atoms with E-state index in [1.165, 1.54) is 6.42 Å². The van der Waals surface area contributed by atoms with Gasteiger partial charge >= 0.3 is 0 Å². The van der Waals surface area contributed by atoms with Gasteiger partial charge in [-0.2, -0.15) is 0 Å². The van der Waals surface area contributed by atoms with Crippen molar-refractivity contribution in [2.75, 3.05) is 26.4 Å². The molecule has 2 rings (SSSR count). The molecule has 1 heterocycles. The van der Waals surface area contributed by atoms with Gasteiger partial charge in [-0.1, -0.05) is 26.0 Å². The van der Waals surface area contributed by atoms with E-state index < -0.39 is 0 Å². The lowest BCUT2D eigenvalue weighted by Gasteiger charge is -2.55. The Labute approximate surface area is 105 Å². The first-order valence-electron chi connectivity index (χ1n) is 6.60. The molecule has 0 radical (unpaired) electrons. The zero-order chi connectivity index (χ0) is 12.5. The minimum Gasteiger partial charge on any atom is -0.377 e. The zero-order valence-corrected chi connectivity index (χ0v) is 11.3. The third-order valence-electron chi connectivity index (χ3n) is 4.06. The van der Waals surface area contributed by atoms with E-state index >= 15 is 0 Å². The first-order chi connectivity index (χ1) is 8.03. The molecule has 2 fully saturated rings. The summed E-state index contributed by atoms with van der Waals surface area (Å²) >= 11 is 0. The third kappa shape index (κ3) is 2.56. The number of rotatable bonds is 6. The van der Waals surface area contributed by atoms with Gasteiger partial charge in [-0.3, -0.25) is 0 Å². The van der Waals surface area contributed by atoms with Crippen molar-refractivity contribution in [3.8, 4) is 0 Å². The molecule has 3 heteroatoms. The van der Waals surface area contributed by atoms with Crippen LogP contribution in [0.2, 0.25) is 0 Å². The second-order valence-corrected chi connectivity index (χ2v) is 6.01. The van der Waals surface area contributed by atoms with E-state index in [0.717, 1.165) is 25.3 Å². The second kappa shape index (κ2) is 5.09. The highest BCUT2D eigenvalue weighted by Crippen LogP contribution is 2.51. The fourth-order valence-electron chi connectivity index (χ4n) is 3.27. The lowest BCUT2D eigenvalue weighted by Crippen LogP contribution is -2.66. The molecule has 0 aromatic carbocycles. The lowest BCUT2D eigenvalue weighted by atomic mass is 9.57. The summed E-state index contributed by atoms with van der Waals surface area (Å²) in [4.78, 5) is 0. The van der Waals surface area contributed by atoms with Gasteiger partial charge in [-0.25, -0.2) is 0 Å². The van der Waals surface area contributed by atoms with Crippen molar-refractivity contribution in [1.29, 1.82) is 0 Å². The molecule has 3 nitrogen and oxygen atoms in total. The number of hydrogen-bond donors (Lipinski definition) is 1. The maximum atomic E-state index is 5.77. The van der Waals surface area contributed by atoms with Gasteiger partial charge in [-0.15, -0.1) is 0 Å². The minimum atomic E-state index is 0.273. The van der Waals surface area contributed by atoms with Crippen molar-refractivity contribution >= 4 is 0 Å². The maximum Gasteiger partial charge on any atom is 0.0685 e. The van der Waals surface area contributed by atoms with Gasteiger partial charge in [0.05, 0.1) is 19.3 Å². The monoisotopic (exact) mass is 239 g/mol. The fraction of sp³-hybridized carbons (Fsp3) is 0.857. The molecule has 1 aliphatic carbocycles. The largest absolute Gasteiger partial charge is 0.377 e. The Morgan fingerprint density at radius 2 is 2.29 bits per heavy atom. The van der Waals surface area contributed by atoms with Crippen LogP contribution in [0.5, 0.6) is 0 Å². The van der Waals surface area contributed by atoms with E-state index in [1.54, 1.807) is 0 Å². The summed E-state index contributed by atoms with van der Waals surface area (Å²) in [6.45, 7) is 13.7. The van der Waals surface area contributed by atoms with Crippen molar-refractivity contribution in [2.45, 2.75) is 39.3 Å². The Balaban J connectivity index is 1.67. The number of fused-ring (bicyclic) bond motifs is 1. The zero-order valence-electron chi connectivity index (χ0n) is 11.3. The predicted molar refractivity (Wildman–Crippen MR) is 69.1 cm³/mol. The van der Waals surface area contributed by atoms with E-state index in [1.807, 2.05) is 6.92 Å². The van der Waals surface area contributed by atoms with Gasteiger partial charge in [0.1, 0.15) is 0 Å². The van der Waals surface area contributed by atoms with Gasteiger partial charge in [0.25, 0.3) is 0 Å². The SMILES string of the molecule is C=C(C)COCCNC1C2CCOC2C1(C)C. The highest BCUT2D eigenvalue weighted by Gasteiger charge is 2.58. The Morgan fingerprint density at radius 3 is 3.00 bits per heavy atom.